The number of hydrogen-bond acceptors (Lipinski definition) is 4. The van der Waals surface area contributed by atoms with Crippen LogP contribution in [-0.2, 0) is 18.6 Å². The van der Waals surface area contributed by atoms with Crippen molar-refractivity contribution in [1.82, 2.24) is 0 Å². The molecule has 3 aromatic rings. The molecule has 0 N–H and O–H groups in total. The first-order chi connectivity index (χ1) is 16.5. The van der Waals surface area contributed by atoms with Crippen LogP contribution in [0, 0.1) is 0 Å². The minimum absolute atomic E-state index is 0.124. The summed E-state index contributed by atoms with van der Waals surface area (Å²) in [6.07, 6.45) is 2.56. The lowest BCUT2D eigenvalue weighted by atomic mass is 10.0. The first-order valence-electron chi connectivity index (χ1n) is 11.9. The number of fused-ring (bicyclic) bond motifs is 1. The fourth-order valence-corrected chi connectivity index (χ4v) is 9.71. The molecule has 1 fully saturated rings. The highest BCUT2D eigenvalue weighted by Gasteiger charge is 2.53. The third-order valence-electron chi connectivity index (χ3n) is 6.71. The Balaban J connectivity index is 1.55. The molecule has 5 heteroatoms. The molecule has 4 atom stereocenters. The maximum absolute atomic E-state index is 7.36. The van der Waals surface area contributed by atoms with Crippen molar-refractivity contribution in [2.45, 2.75) is 50.4 Å². The van der Waals surface area contributed by atoms with E-state index in [-0.39, 0.29) is 23.4 Å². The maximum atomic E-state index is 7.36. The van der Waals surface area contributed by atoms with Gasteiger partial charge in [-0.1, -0.05) is 112 Å². The normalized spacial score (nSPS) is 24.8. The van der Waals surface area contributed by atoms with Crippen LogP contribution in [0.4, 0.5) is 0 Å². The Morgan fingerprint density at radius 1 is 0.794 bits per heavy atom. The SMILES string of the molecule is CC(C)(C)[Si](O[C@@H]1C=CO[C@@H]2CO[C@@H](c3ccccc3)O[C@@H]12)(c1ccccc1)c1ccccc1. The number of ether oxygens (including phenoxy) is 3. The highest BCUT2D eigenvalue weighted by Crippen LogP contribution is 2.40. The van der Waals surface area contributed by atoms with Crippen molar-refractivity contribution in [2.24, 2.45) is 0 Å². The summed E-state index contributed by atoms with van der Waals surface area (Å²) < 4.78 is 25.8. The Bertz CT molecular complexity index is 1060. The average molecular weight is 473 g/mol. The van der Waals surface area contributed by atoms with Crippen LogP contribution in [-0.4, -0.2) is 33.2 Å². The predicted octanol–water partition coefficient (Wildman–Crippen LogP) is 4.96. The average Bonchev–Trinajstić information content (AvgIpc) is 2.88. The van der Waals surface area contributed by atoms with E-state index in [1.165, 1.54) is 10.4 Å². The molecule has 0 aromatic heterocycles. The smallest absolute Gasteiger partial charge is 0.262 e. The first kappa shape index (κ1) is 23.1. The Morgan fingerprint density at radius 3 is 1.91 bits per heavy atom. The summed E-state index contributed by atoms with van der Waals surface area (Å²) in [7, 11) is -2.74. The number of hydrogen-bond donors (Lipinski definition) is 0. The van der Waals surface area contributed by atoms with Gasteiger partial charge in [0, 0.05) is 5.56 Å². The number of benzene rings is 3. The van der Waals surface area contributed by atoms with Crippen LogP contribution < -0.4 is 10.4 Å². The molecule has 2 heterocycles. The fourth-order valence-electron chi connectivity index (χ4n) is 5.07. The molecule has 1 saturated heterocycles. The van der Waals surface area contributed by atoms with Gasteiger partial charge >= 0.3 is 0 Å². The lowest BCUT2D eigenvalue weighted by Gasteiger charge is -2.48. The zero-order valence-corrected chi connectivity index (χ0v) is 21.0. The Hall–Kier alpha value is -2.70. The van der Waals surface area contributed by atoms with Crippen molar-refractivity contribution < 1.29 is 18.6 Å². The maximum Gasteiger partial charge on any atom is 0.262 e. The summed E-state index contributed by atoms with van der Waals surface area (Å²) in [5, 5.41) is 2.37. The van der Waals surface area contributed by atoms with Crippen LogP contribution >= 0.6 is 0 Å². The second-order valence-corrected chi connectivity index (χ2v) is 14.2. The van der Waals surface area contributed by atoms with Crippen molar-refractivity contribution in [1.29, 1.82) is 0 Å². The molecule has 0 amide bonds. The molecule has 176 valence electrons. The second-order valence-electron chi connectivity index (χ2n) is 9.93. The van der Waals surface area contributed by atoms with E-state index in [2.05, 4.69) is 81.4 Å². The molecule has 0 unspecified atom stereocenters. The van der Waals surface area contributed by atoms with Crippen molar-refractivity contribution in [3.05, 3.63) is 109 Å². The van der Waals surface area contributed by atoms with E-state index >= 15 is 0 Å². The van der Waals surface area contributed by atoms with Crippen molar-refractivity contribution in [3.63, 3.8) is 0 Å². The monoisotopic (exact) mass is 472 g/mol. The van der Waals surface area contributed by atoms with Gasteiger partial charge in [-0.05, 0) is 21.5 Å². The summed E-state index contributed by atoms with van der Waals surface area (Å²) in [5.41, 5.74) is 1.000. The van der Waals surface area contributed by atoms with Gasteiger partial charge in [0.1, 0.15) is 6.10 Å². The molecule has 0 saturated carbocycles. The third kappa shape index (κ3) is 4.25. The summed E-state index contributed by atoms with van der Waals surface area (Å²) in [6, 6.07) is 31.4. The molecule has 0 aliphatic carbocycles. The van der Waals surface area contributed by atoms with Gasteiger partial charge in [0.15, 0.2) is 12.4 Å². The Morgan fingerprint density at radius 2 is 1.35 bits per heavy atom. The fraction of sp³-hybridized carbons (Fsp3) is 0.310. The van der Waals surface area contributed by atoms with Crippen LogP contribution in [0.25, 0.3) is 0 Å². The van der Waals surface area contributed by atoms with Crippen LogP contribution in [0.2, 0.25) is 5.04 Å². The van der Waals surface area contributed by atoms with E-state index in [4.69, 9.17) is 18.6 Å². The van der Waals surface area contributed by atoms with Gasteiger partial charge in [0.2, 0.25) is 0 Å². The molecule has 0 radical (unpaired) electrons. The quantitative estimate of drug-likeness (QED) is 0.492. The van der Waals surface area contributed by atoms with E-state index in [0.717, 1.165) is 5.56 Å². The Kier molecular flexibility index (Phi) is 6.45. The zero-order valence-electron chi connectivity index (χ0n) is 20.0. The number of rotatable bonds is 5. The van der Waals surface area contributed by atoms with Crippen molar-refractivity contribution in [2.75, 3.05) is 6.61 Å². The standard InChI is InChI=1S/C29H32O4Si/c1-29(2,3)34(23-15-9-5-10-16-23,24-17-11-6-12-18-24)33-25-19-20-30-26-21-31-28(32-27(25)26)22-13-7-4-8-14-22/h4-20,25-28H,21H2,1-3H3/t25-,26-,27+,28-/m1/s1. The van der Waals surface area contributed by atoms with Gasteiger partial charge in [-0.3, -0.25) is 0 Å². The summed E-state index contributed by atoms with van der Waals surface area (Å²) in [6.45, 7) is 7.32. The lowest BCUT2D eigenvalue weighted by Crippen LogP contribution is -2.69. The van der Waals surface area contributed by atoms with Crippen molar-refractivity contribution in [3.8, 4) is 0 Å². The second kappa shape index (κ2) is 9.51. The summed E-state index contributed by atoms with van der Waals surface area (Å²) >= 11 is 0. The van der Waals surface area contributed by atoms with Gasteiger partial charge in [0.05, 0.1) is 19.0 Å². The molecule has 0 spiro atoms. The van der Waals surface area contributed by atoms with Gasteiger partial charge < -0.3 is 18.6 Å². The minimum atomic E-state index is -2.74. The molecule has 4 nitrogen and oxygen atoms in total. The Labute approximate surface area is 203 Å². The molecule has 3 aromatic carbocycles. The molecule has 0 bridgehead atoms. The molecular formula is C29H32O4Si. The molecule has 5 rings (SSSR count). The molecule has 34 heavy (non-hydrogen) atoms. The van der Waals surface area contributed by atoms with Crippen LogP contribution in [0.1, 0.15) is 32.6 Å². The van der Waals surface area contributed by atoms with Crippen molar-refractivity contribution >= 4 is 18.7 Å². The predicted molar refractivity (Wildman–Crippen MR) is 137 cm³/mol. The molecule has 2 aliphatic rings. The van der Waals surface area contributed by atoms with E-state index in [1.807, 2.05) is 36.4 Å². The van der Waals surface area contributed by atoms with Crippen LogP contribution in [0.3, 0.4) is 0 Å². The highest BCUT2D eigenvalue weighted by molar-refractivity contribution is 6.99. The van der Waals surface area contributed by atoms with Gasteiger partial charge in [-0.2, -0.15) is 0 Å². The topological polar surface area (TPSA) is 36.9 Å². The van der Waals surface area contributed by atoms with E-state index in [9.17, 15) is 0 Å². The van der Waals surface area contributed by atoms with E-state index in [0.29, 0.717) is 6.61 Å². The third-order valence-corrected chi connectivity index (χ3v) is 11.7. The molecular weight excluding hydrogens is 440 g/mol. The molecule has 2 aliphatic heterocycles. The minimum Gasteiger partial charge on any atom is -0.493 e. The largest absolute Gasteiger partial charge is 0.493 e. The van der Waals surface area contributed by atoms with E-state index < -0.39 is 14.6 Å². The van der Waals surface area contributed by atoms with Crippen LogP contribution in [0.15, 0.2) is 103 Å². The summed E-state index contributed by atoms with van der Waals surface area (Å²) in [4.78, 5) is 0. The van der Waals surface area contributed by atoms with Gasteiger partial charge in [-0.15, -0.1) is 0 Å². The van der Waals surface area contributed by atoms with Crippen LogP contribution in [0.5, 0.6) is 0 Å². The lowest BCUT2D eigenvalue weighted by molar-refractivity contribution is -0.274. The van der Waals surface area contributed by atoms with Gasteiger partial charge in [0.25, 0.3) is 8.32 Å². The van der Waals surface area contributed by atoms with E-state index in [1.54, 1.807) is 6.26 Å². The first-order valence-corrected chi connectivity index (χ1v) is 13.8. The highest BCUT2D eigenvalue weighted by atomic mass is 28.4. The summed E-state index contributed by atoms with van der Waals surface area (Å²) in [5.74, 6) is 0. The van der Waals surface area contributed by atoms with Gasteiger partial charge in [-0.25, -0.2) is 0 Å². The zero-order chi connectivity index (χ0) is 23.6.